The molecule has 0 saturated heterocycles. The number of nitro benzene ring substituents is 1. The van der Waals surface area contributed by atoms with E-state index in [0.29, 0.717) is 17.1 Å². The number of non-ortho nitro benzene ring substituents is 1. The van der Waals surface area contributed by atoms with Gasteiger partial charge in [0.05, 0.1) is 22.5 Å². The maximum Gasteiger partial charge on any atom is 0.292 e. The summed E-state index contributed by atoms with van der Waals surface area (Å²) in [7, 11) is 0. The SMILES string of the molecule is Cc1ccccc1-n1nc(C(=O)N/N=C\c2cccn2-c2ccc([N+](=O)[O-])cc2)c(C)c(C#N)c1=O. The number of nitriles is 1. The first-order valence-corrected chi connectivity index (χ1v) is 10.7. The maximum absolute atomic E-state index is 12.9. The quantitative estimate of drug-likeness (QED) is 0.254. The molecule has 4 aromatic rings. The third-order valence-electron chi connectivity index (χ3n) is 5.49. The van der Waals surface area contributed by atoms with Gasteiger partial charge in [0.1, 0.15) is 11.6 Å². The van der Waals surface area contributed by atoms with Gasteiger partial charge in [-0.2, -0.15) is 20.1 Å². The van der Waals surface area contributed by atoms with Crippen molar-refractivity contribution >= 4 is 17.8 Å². The normalized spacial score (nSPS) is 10.8. The number of carbonyl (C=O) groups is 1. The van der Waals surface area contributed by atoms with E-state index in [1.807, 2.05) is 6.07 Å². The molecule has 0 bridgehead atoms. The number of aryl methyl sites for hydroxylation is 1. The number of para-hydroxylation sites is 1. The minimum Gasteiger partial charge on any atom is -0.316 e. The van der Waals surface area contributed by atoms with E-state index in [-0.39, 0.29) is 22.5 Å². The number of nitro groups is 1. The Bertz CT molecular complexity index is 1610. The largest absolute Gasteiger partial charge is 0.316 e. The molecule has 0 aliphatic carbocycles. The zero-order chi connectivity index (χ0) is 25.8. The molecule has 0 fully saturated rings. The van der Waals surface area contributed by atoms with Crippen molar-refractivity contribution in [3.05, 3.63) is 115 Å². The van der Waals surface area contributed by atoms with E-state index in [1.165, 1.54) is 25.3 Å². The second-order valence-corrected chi connectivity index (χ2v) is 7.74. The van der Waals surface area contributed by atoms with Gasteiger partial charge in [-0.15, -0.1) is 0 Å². The number of rotatable bonds is 6. The summed E-state index contributed by atoms with van der Waals surface area (Å²) in [6.07, 6.45) is 3.14. The van der Waals surface area contributed by atoms with Crippen LogP contribution >= 0.6 is 0 Å². The predicted molar refractivity (Wildman–Crippen MR) is 132 cm³/mol. The molecular weight excluding hydrogens is 462 g/mol. The summed E-state index contributed by atoms with van der Waals surface area (Å²) >= 11 is 0. The monoisotopic (exact) mass is 481 g/mol. The Hall–Kier alpha value is -5.37. The van der Waals surface area contributed by atoms with Crippen LogP contribution in [0.25, 0.3) is 11.4 Å². The number of carbonyl (C=O) groups excluding carboxylic acids is 1. The summed E-state index contributed by atoms with van der Waals surface area (Å²) in [6, 6.07) is 18.3. The number of nitrogens with one attached hydrogen (secondary N) is 1. The standard InChI is InChI=1S/C25H19N7O4/c1-16-6-3-4-8-22(16)31-25(34)21(14-26)17(2)23(29-31)24(33)28-27-15-20-7-5-13-30(20)18-9-11-19(12-10-18)32(35)36/h3-13,15H,1-2H3,(H,28,33)/b27-15-. The zero-order valence-corrected chi connectivity index (χ0v) is 19.2. The number of hydrogen-bond acceptors (Lipinski definition) is 7. The lowest BCUT2D eigenvalue weighted by Gasteiger charge is -2.12. The van der Waals surface area contributed by atoms with Crippen molar-refractivity contribution in [2.24, 2.45) is 5.10 Å². The van der Waals surface area contributed by atoms with Crippen LogP contribution in [0.3, 0.4) is 0 Å². The molecule has 0 atom stereocenters. The number of hydrogen-bond donors (Lipinski definition) is 1. The highest BCUT2D eigenvalue weighted by Gasteiger charge is 2.20. The molecule has 0 aliphatic rings. The molecule has 0 aliphatic heterocycles. The smallest absolute Gasteiger partial charge is 0.292 e. The summed E-state index contributed by atoms with van der Waals surface area (Å²) < 4.78 is 2.77. The fourth-order valence-electron chi connectivity index (χ4n) is 3.60. The molecule has 0 saturated carbocycles. The molecule has 0 radical (unpaired) electrons. The molecule has 36 heavy (non-hydrogen) atoms. The Balaban J connectivity index is 1.62. The van der Waals surface area contributed by atoms with Gasteiger partial charge < -0.3 is 4.57 Å². The molecular formula is C25H19N7O4. The van der Waals surface area contributed by atoms with Crippen LogP contribution in [0.5, 0.6) is 0 Å². The van der Waals surface area contributed by atoms with Gasteiger partial charge in [0.2, 0.25) is 0 Å². The predicted octanol–water partition coefficient (Wildman–Crippen LogP) is 3.18. The van der Waals surface area contributed by atoms with E-state index in [4.69, 9.17) is 0 Å². The highest BCUT2D eigenvalue weighted by atomic mass is 16.6. The minimum absolute atomic E-state index is 0.0278. The molecule has 11 heteroatoms. The fraction of sp³-hybridized carbons (Fsp3) is 0.0800. The van der Waals surface area contributed by atoms with Crippen molar-refractivity contribution in [1.82, 2.24) is 19.8 Å². The highest BCUT2D eigenvalue weighted by Crippen LogP contribution is 2.17. The number of nitrogens with zero attached hydrogens (tertiary/aromatic N) is 6. The Morgan fingerprint density at radius 2 is 1.86 bits per heavy atom. The van der Waals surface area contributed by atoms with E-state index < -0.39 is 16.4 Å². The summed E-state index contributed by atoms with van der Waals surface area (Å²) in [5.41, 5.74) is 4.05. The second kappa shape index (κ2) is 9.86. The van der Waals surface area contributed by atoms with Gasteiger partial charge in [-0.3, -0.25) is 19.7 Å². The highest BCUT2D eigenvalue weighted by molar-refractivity contribution is 5.94. The lowest BCUT2D eigenvalue weighted by Crippen LogP contribution is -2.31. The van der Waals surface area contributed by atoms with Crippen molar-refractivity contribution in [2.75, 3.05) is 0 Å². The van der Waals surface area contributed by atoms with E-state index in [0.717, 1.165) is 10.2 Å². The van der Waals surface area contributed by atoms with Gasteiger partial charge in [0.25, 0.3) is 17.2 Å². The molecule has 11 nitrogen and oxygen atoms in total. The Kier molecular flexibility index (Phi) is 6.51. The molecule has 0 unspecified atom stereocenters. The molecule has 2 heterocycles. The van der Waals surface area contributed by atoms with E-state index in [9.17, 15) is 25.0 Å². The van der Waals surface area contributed by atoms with Crippen molar-refractivity contribution in [3.63, 3.8) is 0 Å². The third kappa shape index (κ3) is 4.51. The molecule has 4 rings (SSSR count). The van der Waals surface area contributed by atoms with Gasteiger partial charge in [0.15, 0.2) is 5.69 Å². The van der Waals surface area contributed by atoms with E-state index >= 15 is 0 Å². The summed E-state index contributed by atoms with van der Waals surface area (Å²) in [5.74, 6) is -0.698. The van der Waals surface area contributed by atoms with Crippen LogP contribution in [0.1, 0.15) is 32.9 Å². The van der Waals surface area contributed by atoms with Crippen LogP contribution in [0.2, 0.25) is 0 Å². The van der Waals surface area contributed by atoms with Gasteiger partial charge in [-0.25, -0.2) is 5.43 Å². The number of benzene rings is 2. The number of amides is 1. The fourth-order valence-corrected chi connectivity index (χ4v) is 3.60. The van der Waals surface area contributed by atoms with Crippen molar-refractivity contribution in [2.45, 2.75) is 13.8 Å². The Morgan fingerprint density at radius 3 is 2.53 bits per heavy atom. The molecule has 2 aromatic heterocycles. The molecule has 178 valence electrons. The van der Waals surface area contributed by atoms with Crippen LogP contribution in [-0.4, -0.2) is 31.4 Å². The molecule has 2 aromatic carbocycles. The van der Waals surface area contributed by atoms with Gasteiger partial charge in [-0.05, 0) is 49.7 Å². The summed E-state index contributed by atoms with van der Waals surface area (Å²) in [6.45, 7) is 3.27. The van der Waals surface area contributed by atoms with Crippen molar-refractivity contribution in [3.8, 4) is 17.4 Å². The first-order chi connectivity index (χ1) is 17.3. The lowest BCUT2D eigenvalue weighted by atomic mass is 10.1. The maximum atomic E-state index is 12.9. The first-order valence-electron chi connectivity index (χ1n) is 10.7. The van der Waals surface area contributed by atoms with Gasteiger partial charge in [-0.1, -0.05) is 18.2 Å². The number of hydrazone groups is 1. The minimum atomic E-state index is -0.698. The average Bonchev–Trinajstić information content (AvgIpc) is 3.33. The first kappa shape index (κ1) is 23.8. The van der Waals surface area contributed by atoms with Crippen LogP contribution in [0.4, 0.5) is 5.69 Å². The topological polar surface area (TPSA) is 148 Å². The second-order valence-electron chi connectivity index (χ2n) is 7.74. The molecule has 1 N–H and O–H groups in total. The van der Waals surface area contributed by atoms with Crippen LogP contribution in [0, 0.1) is 35.3 Å². The van der Waals surface area contributed by atoms with E-state index in [2.05, 4.69) is 15.6 Å². The molecule has 0 spiro atoms. The lowest BCUT2D eigenvalue weighted by molar-refractivity contribution is -0.384. The summed E-state index contributed by atoms with van der Waals surface area (Å²) in [5, 5.41) is 28.6. The average molecular weight is 481 g/mol. The van der Waals surface area contributed by atoms with Crippen LogP contribution in [0.15, 0.2) is 76.8 Å². The summed E-state index contributed by atoms with van der Waals surface area (Å²) in [4.78, 5) is 36.1. The Morgan fingerprint density at radius 1 is 1.14 bits per heavy atom. The van der Waals surface area contributed by atoms with Gasteiger partial charge in [0, 0.05) is 29.6 Å². The van der Waals surface area contributed by atoms with Crippen LogP contribution in [-0.2, 0) is 0 Å². The van der Waals surface area contributed by atoms with Crippen molar-refractivity contribution < 1.29 is 9.72 Å². The molecule has 1 amide bonds. The number of aromatic nitrogens is 3. The third-order valence-corrected chi connectivity index (χ3v) is 5.49. The Labute approximate surface area is 204 Å². The van der Waals surface area contributed by atoms with Gasteiger partial charge >= 0.3 is 0 Å². The van der Waals surface area contributed by atoms with E-state index in [1.54, 1.807) is 66.2 Å². The zero-order valence-electron chi connectivity index (χ0n) is 19.2. The van der Waals surface area contributed by atoms with Crippen molar-refractivity contribution in [1.29, 1.82) is 5.26 Å². The van der Waals surface area contributed by atoms with Crippen LogP contribution < -0.4 is 11.0 Å².